The van der Waals surface area contributed by atoms with Crippen LogP contribution >= 0.6 is 17.0 Å². The molecule has 1 saturated heterocycles. The minimum Gasteiger partial charge on any atom is -0.303 e. The number of hydrogen-bond donors (Lipinski definition) is 0. The maximum Gasteiger partial charge on any atom is 0.00154 e. The van der Waals surface area contributed by atoms with Crippen LogP contribution in [0.15, 0.2) is 30.3 Å². The predicted octanol–water partition coefficient (Wildman–Crippen LogP) is 4.27. The number of hydrogen-bond acceptors (Lipinski definition) is 1. The lowest BCUT2D eigenvalue weighted by Gasteiger charge is -2.45. The highest BCUT2D eigenvalue weighted by molar-refractivity contribution is 8.93. The molecule has 2 rings (SSSR count). The zero-order chi connectivity index (χ0) is 12.3. The molecular weight excluding hydrogens is 286 g/mol. The molecule has 1 aromatic carbocycles. The van der Waals surface area contributed by atoms with Gasteiger partial charge in [0.05, 0.1) is 0 Å². The third kappa shape index (κ3) is 3.16. The second-order valence-electron chi connectivity index (χ2n) is 5.74. The molecule has 18 heavy (non-hydrogen) atoms. The van der Waals surface area contributed by atoms with Gasteiger partial charge in [-0.15, -0.1) is 17.0 Å². The molecule has 1 aromatic rings. The summed E-state index contributed by atoms with van der Waals surface area (Å²) in [6, 6.07) is 11.1. The Morgan fingerprint density at radius 2 is 1.94 bits per heavy atom. The summed E-state index contributed by atoms with van der Waals surface area (Å²) in [5.74, 6) is 0.741. The molecule has 0 radical (unpaired) electrons. The van der Waals surface area contributed by atoms with E-state index < -0.39 is 0 Å². The summed E-state index contributed by atoms with van der Waals surface area (Å²) >= 11 is 0. The van der Waals surface area contributed by atoms with E-state index in [1.807, 2.05) is 0 Å². The fourth-order valence-electron chi connectivity index (χ4n) is 3.08. The first kappa shape index (κ1) is 15.7. The second kappa shape index (κ2) is 6.72. The maximum absolute atomic E-state index is 2.62. The minimum atomic E-state index is 0. The van der Waals surface area contributed by atoms with E-state index in [1.54, 1.807) is 0 Å². The van der Waals surface area contributed by atoms with E-state index in [9.17, 15) is 0 Å². The van der Waals surface area contributed by atoms with Crippen LogP contribution < -0.4 is 0 Å². The SMILES string of the molecule is Br.CCCN1CCC(C)(c2ccccc2)C(C)C1. The Bertz CT molecular complexity index is 351. The van der Waals surface area contributed by atoms with Gasteiger partial charge in [0.1, 0.15) is 0 Å². The number of halogens is 1. The summed E-state index contributed by atoms with van der Waals surface area (Å²) in [4.78, 5) is 2.62. The van der Waals surface area contributed by atoms with E-state index in [0.717, 1.165) is 5.92 Å². The molecule has 0 saturated carbocycles. The number of rotatable bonds is 3. The monoisotopic (exact) mass is 311 g/mol. The normalized spacial score (nSPS) is 28.7. The van der Waals surface area contributed by atoms with E-state index in [-0.39, 0.29) is 17.0 Å². The average Bonchev–Trinajstić information content (AvgIpc) is 2.35. The number of nitrogens with zero attached hydrogens (tertiary/aromatic N) is 1. The van der Waals surface area contributed by atoms with Gasteiger partial charge in [-0.05, 0) is 42.8 Å². The summed E-state index contributed by atoms with van der Waals surface area (Å²) in [7, 11) is 0. The lowest BCUT2D eigenvalue weighted by Crippen LogP contribution is -2.47. The zero-order valence-electron chi connectivity index (χ0n) is 11.9. The van der Waals surface area contributed by atoms with Gasteiger partial charge >= 0.3 is 0 Å². The van der Waals surface area contributed by atoms with Crippen LogP contribution in [0.5, 0.6) is 0 Å². The molecule has 0 aromatic heterocycles. The largest absolute Gasteiger partial charge is 0.303 e. The van der Waals surface area contributed by atoms with E-state index in [1.165, 1.54) is 38.0 Å². The Morgan fingerprint density at radius 1 is 1.28 bits per heavy atom. The molecule has 1 nitrogen and oxygen atoms in total. The van der Waals surface area contributed by atoms with Gasteiger partial charge < -0.3 is 4.90 Å². The summed E-state index contributed by atoms with van der Waals surface area (Å²) < 4.78 is 0. The summed E-state index contributed by atoms with van der Waals surface area (Å²) in [6.07, 6.45) is 2.56. The molecule has 1 heterocycles. The van der Waals surface area contributed by atoms with Crippen molar-refractivity contribution in [3.63, 3.8) is 0 Å². The molecule has 1 aliphatic rings. The van der Waals surface area contributed by atoms with Crippen molar-refractivity contribution in [1.29, 1.82) is 0 Å². The first-order chi connectivity index (χ1) is 8.16. The molecule has 102 valence electrons. The highest BCUT2D eigenvalue weighted by Gasteiger charge is 2.37. The van der Waals surface area contributed by atoms with Gasteiger partial charge in [0.25, 0.3) is 0 Å². The van der Waals surface area contributed by atoms with Crippen LogP contribution in [0, 0.1) is 5.92 Å². The van der Waals surface area contributed by atoms with Gasteiger partial charge in [-0.25, -0.2) is 0 Å². The molecule has 0 amide bonds. The first-order valence-electron chi connectivity index (χ1n) is 6.94. The summed E-state index contributed by atoms with van der Waals surface area (Å²) in [5.41, 5.74) is 1.88. The topological polar surface area (TPSA) is 3.24 Å². The molecule has 0 N–H and O–H groups in total. The average molecular weight is 312 g/mol. The van der Waals surface area contributed by atoms with Crippen molar-refractivity contribution in [2.45, 2.75) is 39.0 Å². The van der Waals surface area contributed by atoms with Gasteiger partial charge in [0.15, 0.2) is 0 Å². The van der Waals surface area contributed by atoms with Gasteiger partial charge in [-0.1, -0.05) is 51.1 Å². The third-order valence-corrected chi connectivity index (χ3v) is 4.54. The molecule has 1 aliphatic heterocycles. The molecule has 2 unspecified atom stereocenters. The van der Waals surface area contributed by atoms with Crippen molar-refractivity contribution in [2.75, 3.05) is 19.6 Å². The molecule has 0 aliphatic carbocycles. The Balaban J connectivity index is 0.00000162. The third-order valence-electron chi connectivity index (χ3n) is 4.54. The molecule has 0 spiro atoms. The van der Waals surface area contributed by atoms with Crippen LogP contribution in [-0.4, -0.2) is 24.5 Å². The lowest BCUT2D eigenvalue weighted by atomic mass is 9.68. The van der Waals surface area contributed by atoms with Crippen LogP contribution in [-0.2, 0) is 5.41 Å². The predicted molar refractivity (Wildman–Crippen MR) is 84.6 cm³/mol. The molecule has 2 atom stereocenters. The smallest absolute Gasteiger partial charge is 0.00154 e. The minimum absolute atomic E-state index is 0. The van der Waals surface area contributed by atoms with Crippen molar-refractivity contribution < 1.29 is 0 Å². The maximum atomic E-state index is 2.62. The van der Waals surface area contributed by atoms with Crippen molar-refractivity contribution >= 4 is 17.0 Å². The first-order valence-corrected chi connectivity index (χ1v) is 6.94. The molecule has 2 heteroatoms. The fraction of sp³-hybridized carbons (Fsp3) is 0.625. The van der Waals surface area contributed by atoms with Gasteiger partial charge in [-0.2, -0.15) is 0 Å². The Kier molecular flexibility index (Phi) is 5.87. The molecule has 0 bridgehead atoms. The number of piperidine rings is 1. The van der Waals surface area contributed by atoms with Gasteiger partial charge in [0, 0.05) is 6.54 Å². The van der Waals surface area contributed by atoms with Crippen LogP contribution in [0.4, 0.5) is 0 Å². The van der Waals surface area contributed by atoms with E-state index in [2.05, 4.69) is 56.0 Å². The van der Waals surface area contributed by atoms with Crippen LogP contribution in [0.2, 0.25) is 0 Å². The van der Waals surface area contributed by atoms with Crippen LogP contribution in [0.3, 0.4) is 0 Å². The fourth-order valence-corrected chi connectivity index (χ4v) is 3.08. The van der Waals surface area contributed by atoms with Gasteiger partial charge in [0.2, 0.25) is 0 Å². The Hall–Kier alpha value is -0.340. The molecular formula is C16H26BrN. The van der Waals surface area contributed by atoms with Crippen molar-refractivity contribution in [2.24, 2.45) is 5.92 Å². The Morgan fingerprint density at radius 3 is 2.50 bits per heavy atom. The van der Waals surface area contributed by atoms with Crippen LogP contribution in [0.25, 0.3) is 0 Å². The van der Waals surface area contributed by atoms with Crippen LogP contribution in [0.1, 0.15) is 39.2 Å². The van der Waals surface area contributed by atoms with E-state index in [0.29, 0.717) is 5.41 Å². The number of benzene rings is 1. The van der Waals surface area contributed by atoms with Crippen molar-refractivity contribution in [3.8, 4) is 0 Å². The molecule has 1 fully saturated rings. The quantitative estimate of drug-likeness (QED) is 0.805. The highest BCUT2D eigenvalue weighted by atomic mass is 79.9. The van der Waals surface area contributed by atoms with E-state index in [4.69, 9.17) is 0 Å². The van der Waals surface area contributed by atoms with Crippen molar-refractivity contribution in [3.05, 3.63) is 35.9 Å². The lowest BCUT2D eigenvalue weighted by molar-refractivity contribution is 0.111. The standard InChI is InChI=1S/C16H25N.BrH/c1-4-11-17-12-10-16(3,14(2)13-17)15-8-6-5-7-9-15;/h5-9,14H,4,10-13H2,1-3H3;1H. The second-order valence-corrected chi connectivity index (χ2v) is 5.74. The summed E-state index contributed by atoms with van der Waals surface area (Å²) in [6.45, 7) is 10.9. The number of likely N-dealkylation sites (tertiary alicyclic amines) is 1. The summed E-state index contributed by atoms with van der Waals surface area (Å²) in [5, 5.41) is 0. The van der Waals surface area contributed by atoms with E-state index >= 15 is 0 Å². The van der Waals surface area contributed by atoms with Crippen molar-refractivity contribution in [1.82, 2.24) is 4.90 Å². The van der Waals surface area contributed by atoms with Gasteiger partial charge in [-0.3, -0.25) is 0 Å². The Labute approximate surface area is 122 Å². The zero-order valence-corrected chi connectivity index (χ0v) is 13.6. The highest BCUT2D eigenvalue weighted by Crippen LogP contribution is 2.39.